The van der Waals surface area contributed by atoms with Crippen molar-refractivity contribution in [3.05, 3.63) is 96.6 Å². The minimum absolute atomic E-state index is 0.0334. The van der Waals surface area contributed by atoms with Gasteiger partial charge in [-0.05, 0) is 68.4 Å². The van der Waals surface area contributed by atoms with Crippen LogP contribution in [0.25, 0.3) is 39.0 Å². The van der Waals surface area contributed by atoms with Crippen LogP contribution in [0.4, 0.5) is 13.2 Å². The number of alkyl halides is 3. The average molecular weight is 518 g/mol. The van der Waals surface area contributed by atoms with Crippen molar-refractivity contribution in [3.8, 4) is 33.8 Å². The van der Waals surface area contributed by atoms with Crippen molar-refractivity contribution in [2.24, 2.45) is 0 Å². The molecule has 38 heavy (non-hydrogen) atoms. The number of halogens is 3. The first-order valence-electron chi connectivity index (χ1n) is 11.7. The molecule has 5 aromatic rings. The van der Waals surface area contributed by atoms with Gasteiger partial charge >= 0.3 is 12.1 Å². The van der Waals surface area contributed by atoms with Crippen molar-refractivity contribution in [2.45, 2.75) is 26.1 Å². The molecule has 192 valence electrons. The molecule has 0 aliphatic heterocycles. The number of aromatic carboxylic acids is 1. The van der Waals surface area contributed by atoms with Crippen LogP contribution >= 0.6 is 0 Å². The molecule has 0 unspecified atom stereocenters. The third kappa shape index (κ3) is 4.95. The largest absolute Gasteiger partial charge is 0.491 e. The molecular formula is C29H22F3N3O3. The van der Waals surface area contributed by atoms with E-state index in [4.69, 9.17) is 4.74 Å². The maximum atomic E-state index is 13.0. The molecule has 9 heteroatoms. The summed E-state index contributed by atoms with van der Waals surface area (Å²) in [5.74, 6) is -0.368. The lowest BCUT2D eigenvalue weighted by molar-refractivity contribution is -0.137. The maximum absolute atomic E-state index is 13.0. The fraction of sp³-hybridized carbons (Fsp3) is 0.138. The normalized spacial score (nSPS) is 11.7. The first-order valence-corrected chi connectivity index (χ1v) is 11.7. The van der Waals surface area contributed by atoms with E-state index in [1.807, 2.05) is 61.0 Å². The number of rotatable bonds is 6. The first-order chi connectivity index (χ1) is 18.1. The predicted molar refractivity (Wildman–Crippen MR) is 137 cm³/mol. The molecule has 0 aliphatic rings. The second kappa shape index (κ2) is 9.66. The Morgan fingerprint density at radius 2 is 1.71 bits per heavy atom. The Bertz CT molecular complexity index is 1620. The van der Waals surface area contributed by atoms with Crippen LogP contribution < -0.4 is 4.74 Å². The summed E-state index contributed by atoms with van der Waals surface area (Å²) in [7, 11) is 0. The van der Waals surface area contributed by atoms with Gasteiger partial charge in [-0.2, -0.15) is 13.2 Å². The number of hydrogen-bond donors (Lipinski definition) is 1. The Kier molecular flexibility index (Phi) is 6.36. The molecule has 0 saturated carbocycles. The SMILES string of the molecule is CC(C)Oc1ccc(-n2cc(-c3cncc(C(=O)O)c3)c3cc(-c4ccc(C(F)(F)F)cn4)ccc32)cc1. The van der Waals surface area contributed by atoms with Gasteiger partial charge < -0.3 is 14.4 Å². The highest BCUT2D eigenvalue weighted by atomic mass is 19.4. The van der Waals surface area contributed by atoms with Gasteiger partial charge in [0.1, 0.15) is 5.75 Å². The van der Waals surface area contributed by atoms with E-state index in [0.29, 0.717) is 22.4 Å². The highest BCUT2D eigenvalue weighted by molar-refractivity contribution is 6.00. The molecule has 2 aromatic carbocycles. The minimum Gasteiger partial charge on any atom is -0.491 e. The van der Waals surface area contributed by atoms with Crippen molar-refractivity contribution in [1.82, 2.24) is 14.5 Å². The van der Waals surface area contributed by atoms with Gasteiger partial charge in [0.2, 0.25) is 0 Å². The molecule has 3 aromatic heterocycles. The lowest BCUT2D eigenvalue weighted by atomic mass is 10.0. The van der Waals surface area contributed by atoms with E-state index in [9.17, 15) is 23.1 Å². The van der Waals surface area contributed by atoms with Crippen LogP contribution in [0, 0.1) is 0 Å². The number of carboxylic acid groups (broad SMARTS) is 1. The van der Waals surface area contributed by atoms with Gasteiger partial charge in [-0.3, -0.25) is 9.97 Å². The van der Waals surface area contributed by atoms with Crippen LogP contribution in [0.2, 0.25) is 0 Å². The molecule has 6 nitrogen and oxygen atoms in total. The number of ether oxygens (including phenoxy) is 1. The van der Waals surface area contributed by atoms with E-state index in [1.54, 1.807) is 12.3 Å². The third-order valence-corrected chi connectivity index (χ3v) is 5.97. The Hall–Kier alpha value is -4.66. The number of benzene rings is 2. The van der Waals surface area contributed by atoms with Gasteiger partial charge in [0.15, 0.2) is 0 Å². The number of pyridine rings is 2. The summed E-state index contributed by atoms with van der Waals surface area (Å²) in [6.07, 6.45) is 1.11. The van der Waals surface area contributed by atoms with Crippen molar-refractivity contribution >= 4 is 16.9 Å². The Morgan fingerprint density at radius 3 is 2.34 bits per heavy atom. The molecule has 0 radical (unpaired) electrons. The standard InChI is InChI=1S/C29H22F3N3O3/c1-17(2)38-23-7-5-22(6-8-23)35-16-25(19-11-20(28(36)37)14-33-13-19)24-12-18(3-10-27(24)35)26-9-4-21(15-34-26)29(30,31)32/h3-17H,1-2H3,(H,36,37). The number of aromatic nitrogens is 3. The Balaban J connectivity index is 1.66. The number of hydrogen-bond acceptors (Lipinski definition) is 4. The average Bonchev–Trinajstić information content (AvgIpc) is 3.27. The van der Waals surface area contributed by atoms with Crippen LogP contribution in [-0.2, 0) is 6.18 Å². The van der Waals surface area contributed by atoms with E-state index in [-0.39, 0.29) is 11.7 Å². The lowest BCUT2D eigenvalue weighted by Gasteiger charge is -2.11. The first kappa shape index (κ1) is 25.0. The fourth-order valence-electron chi connectivity index (χ4n) is 4.23. The lowest BCUT2D eigenvalue weighted by Crippen LogP contribution is -2.05. The van der Waals surface area contributed by atoms with Gasteiger partial charge in [0.05, 0.1) is 28.4 Å². The smallest absolute Gasteiger partial charge is 0.417 e. The van der Waals surface area contributed by atoms with Gasteiger partial charge in [0, 0.05) is 52.6 Å². The molecular weight excluding hydrogens is 495 g/mol. The molecule has 0 aliphatic carbocycles. The number of carbonyl (C=O) groups is 1. The second-order valence-electron chi connectivity index (χ2n) is 9.00. The minimum atomic E-state index is -4.47. The van der Waals surface area contributed by atoms with Crippen molar-refractivity contribution in [2.75, 3.05) is 0 Å². The topological polar surface area (TPSA) is 77.2 Å². The summed E-state index contributed by atoms with van der Waals surface area (Å²) in [6, 6.07) is 16.9. The van der Waals surface area contributed by atoms with Crippen LogP contribution in [0.3, 0.4) is 0 Å². The fourth-order valence-corrected chi connectivity index (χ4v) is 4.23. The third-order valence-electron chi connectivity index (χ3n) is 5.97. The number of nitrogens with zero attached hydrogens (tertiary/aromatic N) is 3. The zero-order chi connectivity index (χ0) is 27.0. The predicted octanol–water partition coefficient (Wildman–Crippen LogP) is 7.26. The van der Waals surface area contributed by atoms with E-state index >= 15 is 0 Å². The second-order valence-corrected chi connectivity index (χ2v) is 9.00. The van der Waals surface area contributed by atoms with Gasteiger partial charge in [-0.15, -0.1) is 0 Å². The number of fused-ring (bicyclic) bond motifs is 1. The highest BCUT2D eigenvalue weighted by Gasteiger charge is 2.30. The Morgan fingerprint density at radius 1 is 0.947 bits per heavy atom. The summed E-state index contributed by atoms with van der Waals surface area (Å²) in [5, 5.41) is 10.2. The van der Waals surface area contributed by atoms with Gasteiger partial charge in [0.25, 0.3) is 0 Å². The molecule has 1 N–H and O–H groups in total. The van der Waals surface area contributed by atoms with E-state index in [0.717, 1.165) is 34.6 Å². The molecule has 0 bridgehead atoms. The van der Waals surface area contributed by atoms with Gasteiger partial charge in [-0.25, -0.2) is 4.79 Å². The molecule has 0 saturated heterocycles. The zero-order valence-corrected chi connectivity index (χ0v) is 20.4. The molecule has 0 amide bonds. The molecule has 0 spiro atoms. The summed E-state index contributed by atoms with van der Waals surface area (Å²) in [5.41, 5.74) is 3.18. The summed E-state index contributed by atoms with van der Waals surface area (Å²) in [4.78, 5) is 19.7. The van der Waals surface area contributed by atoms with Crippen molar-refractivity contribution < 1.29 is 27.8 Å². The maximum Gasteiger partial charge on any atom is 0.417 e. The van der Waals surface area contributed by atoms with Gasteiger partial charge in [-0.1, -0.05) is 6.07 Å². The molecule has 3 heterocycles. The van der Waals surface area contributed by atoms with Crippen LogP contribution in [-0.4, -0.2) is 31.7 Å². The quantitative estimate of drug-likeness (QED) is 0.257. The van der Waals surface area contributed by atoms with Crippen LogP contribution in [0.5, 0.6) is 5.75 Å². The van der Waals surface area contributed by atoms with Crippen LogP contribution in [0.1, 0.15) is 29.8 Å². The number of carboxylic acids is 1. The van der Waals surface area contributed by atoms with Crippen molar-refractivity contribution in [1.29, 1.82) is 0 Å². The van der Waals surface area contributed by atoms with E-state index in [2.05, 4.69) is 9.97 Å². The molecule has 0 atom stereocenters. The highest BCUT2D eigenvalue weighted by Crippen LogP contribution is 2.36. The monoisotopic (exact) mass is 517 g/mol. The van der Waals surface area contributed by atoms with Crippen molar-refractivity contribution in [3.63, 3.8) is 0 Å². The summed E-state index contributed by atoms with van der Waals surface area (Å²) >= 11 is 0. The zero-order valence-electron chi connectivity index (χ0n) is 20.4. The van der Waals surface area contributed by atoms with Crippen LogP contribution in [0.15, 0.2) is 85.5 Å². The summed E-state index contributed by atoms with van der Waals surface area (Å²) in [6.45, 7) is 3.89. The Labute approximate surface area is 216 Å². The van der Waals surface area contributed by atoms with E-state index in [1.165, 1.54) is 18.3 Å². The molecule has 5 rings (SSSR count). The molecule has 0 fully saturated rings. The van der Waals surface area contributed by atoms with E-state index < -0.39 is 17.7 Å². The summed E-state index contributed by atoms with van der Waals surface area (Å²) < 4.78 is 46.7.